The van der Waals surface area contributed by atoms with Crippen LogP contribution in [-0.4, -0.2) is 30.8 Å². The van der Waals surface area contributed by atoms with E-state index in [4.69, 9.17) is 16.3 Å². The zero-order chi connectivity index (χ0) is 12.1. The summed E-state index contributed by atoms with van der Waals surface area (Å²) in [5.41, 5.74) is 1.15. The van der Waals surface area contributed by atoms with E-state index >= 15 is 0 Å². The number of ether oxygens (including phenoxy) is 1. The largest absolute Gasteiger partial charge is 0.378 e. The van der Waals surface area contributed by atoms with Gasteiger partial charge in [0.1, 0.15) is 0 Å². The SMILES string of the molecule is CNC(Cc1ccncc1Cl)CC1CCCO1. The molecule has 4 heteroatoms. The minimum atomic E-state index is 0.410. The first-order valence-corrected chi connectivity index (χ1v) is 6.54. The maximum Gasteiger partial charge on any atom is 0.0621 e. The van der Waals surface area contributed by atoms with Gasteiger partial charge in [0.15, 0.2) is 0 Å². The van der Waals surface area contributed by atoms with Crippen molar-refractivity contribution in [2.75, 3.05) is 13.7 Å². The van der Waals surface area contributed by atoms with Crippen LogP contribution in [-0.2, 0) is 11.2 Å². The summed E-state index contributed by atoms with van der Waals surface area (Å²) in [5.74, 6) is 0. The van der Waals surface area contributed by atoms with Crippen molar-refractivity contribution in [2.24, 2.45) is 0 Å². The van der Waals surface area contributed by atoms with Crippen LogP contribution in [0.1, 0.15) is 24.8 Å². The molecule has 0 aliphatic carbocycles. The van der Waals surface area contributed by atoms with Gasteiger partial charge < -0.3 is 10.1 Å². The molecule has 2 heterocycles. The Morgan fingerprint density at radius 1 is 1.65 bits per heavy atom. The van der Waals surface area contributed by atoms with E-state index in [-0.39, 0.29) is 0 Å². The van der Waals surface area contributed by atoms with Gasteiger partial charge in [0.05, 0.1) is 11.1 Å². The topological polar surface area (TPSA) is 34.2 Å². The Labute approximate surface area is 108 Å². The number of pyridine rings is 1. The first-order chi connectivity index (χ1) is 8.29. The van der Waals surface area contributed by atoms with Gasteiger partial charge in [-0.1, -0.05) is 11.6 Å². The summed E-state index contributed by atoms with van der Waals surface area (Å²) in [6.45, 7) is 0.914. The predicted molar refractivity (Wildman–Crippen MR) is 69.4 cm³/mol. The van der Waals surface area contributed by atoms with Crippen LogP contribution in [0.15, 0.2) is 18.5 Å². The van der Waals surface area contributed by atoms with Crippen molar-refractivity contribution in [1.82, 2.24) is 10.3 Å². The molecule has 2 atom stereocenters. The van der Waals surface area contributed by atoms with Crippen LogP contribution in [0, 0.1) is 0 Å². The fraction of sp³-hybridized carbons (Fsp3) is 0.615. The van der Waals surface area contributed by atoms with E-state index in [1.807, 2.05) is 13.1 Å². The molecule has 1 aromatic rings. The van der Waals surface area contributed by atoms with E-state index in [1.54, 1.807) is 12.4 Å². The first kappa shape index (κ1) is 12.8. The van der Waals surface area contributed by atoms with Gasteiger partial charge >= 0.3 is 0 Å². The molecule has 2 unspecified atom stereocenters. The van der Waals surface area contributed by atoms with Gasteiger partial charge in [-0.15, -0.1) is 0 Å². The minimum Gasteiger partial charge on any atom is -0.378 e. The van der Waals surface area contributed by atoms with Crippen LogP contribution in [0.25, 0.3) is 0 Å². The molecule has 1 aliphatic rings. The van der Waals surface area contributed by atoms with Crippen molar-refractivity contribution in [3.8, 4) is 0 Å². The summed E-state index contributed by atoms with van der Waals surface area (Å²) in [6.07, 6.45) is 8.26. The van der Waals surface area contributed by atoms with Crippen LogP contribution >= 0.6 is 11.6 Å². The fourth-order valence-corrected chi connectivity index (χ4v) is 2.48. The maximum atomic E-state index is 6.12. The summed E-state index contributed by atoms with van der Waals surface area (Å²) >= 11 is 6.12. The highest BCUT2D eigenvalue weighted by atomic mass is 35.5. The van der Waals surface area contributed by atoms with Crippen molar-refractivity contribution < 1.29 is 4.74 Å². The number of hydrogen-bond donors (Lipinski definition) is 1. The Kier molecular flexibility index (Phi) is 4.77. The van der Waals surface area contributed by atoms with E-state index in [0.29, 0.717) is 12.1 Å². The summed E-state index contributed by atoms with van der Waals surface area (Å²) in [7, 11) is 1.99. The molecule has 17 heavy (non-hydrogen) atoms. The summed E-state index contributed by atoms with van der Waals surface area (Å²) in [4.78, 5) is 4.00. The lowest BCUT2D eigenvalue weighted by Gasteiger charge is -2.20. The molecule has 0 aromatic carbocycles. The smallest absolute Gasteiger partial charge is 0.0621 e. The highest BCUT2D eigenvalue weighted by Crippen LogP contribution is 2.21. The van der Waals surface area contributed by atoms with Crippen LogP contribution < -0.4 is 5.32 Å². The van der Waals surface area contributed by atoms with Gasteiger partial charge in [0.2, 0.25) is 0 Å². The molecule has 1 aliphatic heterocycles. The molecule has 1 saturated heterocycles. The first-order valence-electron chi connectivity index (χ1n) is 6.17. The normalized spacial score (nSPS) is 21.6. The predicted octanol–water partition coefficient (Wildman–Crippen LogP) is 2.43. The standard InChI is InChI=1S/C13H19ClN2O/c1-15-11(8-12-3-2-6-17-12)7-10-4-5-16-9-13(10)14/h4-5,9,11-12,15H,2-3,6-8H2,1H3. The zero-order valence-electron chi connectivity index (χ0n) is 10.2. The summed E-state index contributed by atoms with van der Waals surface area (Å²) in [5, 5.41) is 4.10. The molecule has 0 amide bonds. The van der Waals surface area contributed by atoms with Gasteiger partial charge in [0, 0.05) is 25.0 Å². The number of likely N-dealkylation sites (N-methyl/N-ethyl adjacent to an activating group) is 1. The average molecular weight is 255 g/mol. The third kappa shape index (κ3) is 3.66. The van der Waals surface area contributed by atoms with Crippen LogP contribution in [0.2, 0.25) is 5.02 Å². The number of aromatic nitrogens is 1. The molecule has 94 valence electrons. The highest BCUT2D eigenvalue weighted by molar-refractivity contribution is 6.31. The molecule has 0 spiro atoms. The molecule has 0 radical (unpaired) electrons. The second kappa shape index (κ2) is 6.34. The van der Waals surface area contributed by atoms with E-state index in [0.717, 1.165) is 30.0 Å². The van der Waals surface area contributed by atoms with Gasteiger partial charge in [-0.05, 0) is 44.4 Å². The van der Waals surface area contributed by atoms with E-state index in [1.165, 1.54) is 12.8 Å². The lowest BCUT2D eigenvalue weighted by atomic mass is 10.00. The van der Waals surface area contributed by atoms with Crippen molar-refractivity contribution in [2.45, 2.75) is 37.8 Å². The average Bonchev–Trinajstić information content (AvgIpc) is 2.84. The lowest BCUT2D eigenvalue weighted by molar-refractivity contribution is 0.0954. The van der Waals surface area contributed by atoms with Crippen LogP contribution in [0.5, 0.6) is 0 Å². The van der Waals surface area contributed by atoms with Crippen molar-refractivity contribution >= 4 is 11.6 Å². The summed E-state index contributed by atoms with van der Waals surface area (Å²) < 4.78 is 5.67. The third-order valence-corrected chi connectivity index (χ3v) is 3.64. The van der Waals surface area contributed by atoms with Gasteiger partial charge in [-0.25, -0.2) is 0 Å². The zero-order valence-corrected chi connectivity index (χ0v) is 10.9. The second-order valence-electron chi connectivity index (χ2n) is 4.53. The third-order valence-electron chi connectivity index (χ3n) is 3.30. The fourth-order valence-electron chi connectivity index (χ4n) is 2.29. The molecule has 1 fully saturated rings. The lowest BCUT2D eigenvalue weighted by Crippen LogP contribution is -2.31. The van der Waals surface area contributed by atoms with E-state index < -0.39 is 0 Å². The number of halogens is 1. The molecule has 2 rings (SSSR count). The Morgan fingerprint density at radius 3 is 3.18 bits per heavy atom. The number of nitrogens with one attached hydrogen (secondary N) is 1. The molecule has 0 bridgehead atoms. The Bertz CT molecular complexity index is 353. The number of rotatable bonds is 5. The van der Waals surface area contributed by atoms with Gasteiger partial charge in [0.25, 0.3) is 0 Å². The van der Waals surface area contributed by atoms with Crippen molar-refractivity contribution in [3.63, 3.8) is 0 Å². The van der Waals surface area contributed by atoms with E-state index in [9.17, 15) is 0 Å². The Morgan fingerprint density at radius 2 is 2.53 bits per heavy atom. The number of nitrogens with zero attached hydrogens (tertiary/aromatic N) is 1. The molecular weight excluding hydrogens is 236 g/mol. The number of hydrogen-bond acceptors (Lipinski definition) is 3. The molecule has 0 saturated carbocycles. The quantitative estimate of drug-likeness (QED) is 0.877. The van der Waals surface area contributed by atoms with Crippen molar-refractivity contribution in [1.29, 1.82) is 0 Å². The second-order valence-corrected chi connectivity index (χ2v) is 4.93. The Hall–Kier alpha value is -0.640. The molecule has 1 aromatic heterocycles. The van der Waals surface area contributed by atoms with Gasteiger partial charge in [-0.3, -0.25) is 4.98 Å². The maximum absolute atomic E-state index is 6.12. The van der Waals surface area contributed by atoms with Crippen molar-refractivity contribution in [3.05, 3.63) is 29.0 Å². The van der Waals surface area contributed by atoms with Crippen LogP contribution in [0.4, 0.5) is 0 Å². The molecule has 3 nitrogen and oxygen atoms in total. The summed E-state index contributed by atoms with van der Waals surface area (Å²) in [6, 6.07) is 2.40. The Balaban J connectivity index is 1.92. The van der Waals surface area contributed by atoms with Crippen LogP contribution in [0.3, 0.4) is 0 Å². The molecular formula is C13H19ClN2O. The minimum absolute atomic E-state index is 0.410. The monoisotopic (exact) mass is 254 g/mol. The highest BCUT2D eigenvalue weighted by Gasteiger charge is 2.20. The van der Waals surface area contributed by atoms with Gasteiger partial charge in [-0.2, -0.15) is 0 Å². The molecule has 1 N–H and O–H groups in total. The van der Waals surface area contributed by atoms with E-state index in [2.05, 4.69) is 10.3 Å².